The van der Waals surface area contributed by atoms with Gasteiger partial charge in [0, 0.05) is 6.04 Å². The van der Waals surface area contributed by atoms with Crippen LogP contribution in [0.2, 0.25) is 0 Å². The zero-order chi connectivity index (χ0) is 9.97. The molecule has 1 N–H and O–H groups in total. The zero-order valence-electron chi connectivity index (χ0n) is 7.76. The van der Waals surface area contributed by atoms with Crippen LogP contribution in [0.15, 0.2) is 18.2 Å². The lowest BCUT2D eigenvalue weighted by atomic mass is 10.0. The molecule has 72 valence electrons. The first-order chi connectivity index (χ1) is 6.79. The summed E-state index contributed by atoms with van der Waals surface area (Å²) < 4.78 is 13.1. The van der Waals surface area contributed by atoms with Crippen LogP contribution in [0.3, 0.4) is 0 Å². The Kier molecular flexibility index (Phi) is 2.47. The van der Waals surface area contributed by atoms with Crippen molar-refractivity contribution in [2.75, 3.05) is 6.54 Å². The van der Waals surface area contributed by atoms with Crippen LogP contribution in [0, 0.1) is 17.1 Å². The van der Waals surface area contributed by atoms with Gasteiger partial charge in [0.05, 0.1) is 11.6 Å². The molecular formula is C11H11FN2. The van der Waals surface area contributed by atoms with Gasteiger partial charge in [-0.3, -0.25) is 0 Å². The number of rotatable bonds is 1. The number of hydrogen-bond donors (Lipinski definition) is 1. The highest BCUT2D eigenvalue weighted by Gasteiger charge is 2.17. The molecule has 1 heterocycles. The summed E-state index contributed by atoms with van der Waals surface area (Å²) in [6.07, 6.45) is 2.14. The summed E-state index contributed by atoms with van der Waals surface area (Å²) in [4.78, 5) is 0. The van der Waals surface area contributed by atoms with E-state index in [0.717, 1.165) is 24.9 Å². The molecule has 0 radical (unpaired) electrons. The standard InChI is InChI=1S/C11H11FN2/c12-10-5-8(7-13)4-9(6-10)11-2-1-3-14-11/h4-6,11,14H,1-3H2. The van der Waals surface area contributed by atoms with Crippen molar-refractivity contribution < 1.29 is 4.39 Å². The van der Waals surface area contributed by atoms with E-state index in [2.05, 4.69) is 5.32 Å². The van der Waals surface area contributed by atoms with Crippen molar-refractivity contribution in [1.29, 1.82) is 5.26 Å². The van der Waals surface area contributed by atoms with Gasteiger partial charge in [0.15, 0.2) is 0 Å². The van der Waals surface area contributed by atoms with Crippen molar-refractivity contribution in [3.05, 3.63) is 35.1 Å². The number of nitriles is 1. The van der Waals surface area contributed by atoms with Crippen molar-refractivity contribution in [3.63, 3.8) is 0 Å². The average Bonchev–Trinajstić information content (AvgIpc) is 2.69. The van der Waals surface area contributed by atoms with Gasteiger partial charge in [-0.05, 0) is 43.1 Å². The highest BCUT2D eigenvalue weighted by atomic mass is 19.1. The van der Waals surface area contributed by atoms with Gasteiger partial charge in [0.25, 0.3) is 0 Å². The van der Waals surface area contributed by atoms with Crippen molar-refractivity contribution >= 4 is 0 Å². The molecule has 0 aliphatic carbocycles. The molecule has 0 saturated carbocycles. The second-order valence-electron chi connectivity index (χ2n) is 3.53. The van der Waals surface area contributed by atoms with Gasteiger partial charge in [-0.2, -0.15) is 5.26 Å². The van der Waals surface area contributed by atoms with Gasteiger partial charge in [0.2, 0.25) is 0 Å². The zero-order valence-corrected chi connectivity index (χ0v) is 7.76. The minimum absolute atomic E-state index is 0.220. The number of halogens is 1. The molecule has 1 fully saturated rings. The fraction of sp³-hybridized carbons (Fsp3) is 0.364. The van der Waals surface area contributed by atoms with E-state index in [9.17, 15) is 4.39 Å². The summed E-state index contributed by atoms with van der Waals surface area (Å²) in [5.74, 6) is -0.326. The molecule has 1 saturated heterocycles. The summed E-state index contributed by atoms with van der Waals surface area (Å²) in [6.45, 7) is 0.975. The maximum Gasteiger partial charge on any atom is 0.124 e. The maximum absolute atomic E-state index is 13.1. The monoisotopic (exact) mass is 190 g/mol. The average molecular weight is 190 g/mol. The van der Waals surface area contributed by atoms with E-state index in [1.165, 1.54) is 12.1 Å². The Morgan fingerprint density at radius 1 is 1.43 bits per heavy atom. The van der Waals surface area contributed by atoms with Gasteiger partial charge in [-0.15, -0.1) is 0 Å². The molecule has 1 unspecified atom stereocenters. The molecule has 0 aromatic heterocycles. The Hall–Kier alpha value is -1.40. The second kappa shape index (κ2) is 3.77. The molecule has 0 spiro atoms. The first-order valence-electron chi connectivity index (χ1n) is 4.73. The summed E-state index contributed by atoms with van der Waals surface area (Å²) in [5.41, 5.74) is 1.28. The van der Waals surface area contributed by atoms with E-state index in [1.54, 1.807) is 6.07 Å². The van der Waals surface area contributed by atoms with E-state index in [4.69, 9.17) is 5.26 Å². The third kappa shape index (κ3) is 1.75. The van der Waals surface area contributed by atoms with Crippen LogP contribution in [0.5, 0.6) is 0 Å². The topological polar surface area (TPSA) is 35.8 Å². The van der Waals surface area contributed by atoms with E-state index in [0.29, 0.717) is 5.56 Å². The highest BCUT2D eigenvalue weighted by Crippen LogP contribution is 2.24. The highest BCUT2D eigenvalue weighted by molar-refractivity contribution is 5.35. The number of nitrogens with one attached hydrogen (secondary N) is 1. The Morgan fingerprint density at radius 3 is 2.93 bits per heavy atom. The minimum Gasteiger partial charge on any atom is -0.310 e. The van der Waals surface area contributed by atoms with Gasteiger partial charge in [0.1, 0.15) is 5.82 Å². The second-order valence-corrected chi connectivity index (χ2v) is 3.53. The summed E-state index contributed by atoms with van der Waals surface area (Å²) >= 11 is 0. The van der Waals surface area contributed by atoms with E-state index in [1.807, 2.05) is 6.07 Å². The van der Waals surface area contributed by atoms with Crippen LogP contribution in [0.4, 0.5) is 4.39 Å². The van der Waals surface area contributed by atoms with Crippen LogP contribution in [-0.2, 0) is 0 Å². The lowest BCUT2D eigenvalue weighted by molar-refractivity contribution is 0.606. The molecule has 1 aliphatic heterocycles. The molecular weight excluding hydrogens is 179 g/mol. The molecule has 14 heavy (non-hydrogen) atoms. The molecule has 1 atom stereocenters. The molecule has 0 amide bonds. The number of hydrogen-bond acceptors (Lipinski definition) is 2. The van der Waals surface area contributed by atoms with Crippen molar-refractivity contribution in [2.45, 2.75) is 18.9 Å². The van der Waals surface area contributed by atoms with Crippen LogP contribution in [-0.4, -0.2) is 6.54 Å². The lowest BCUT2D eigenvalue weighted by Crippen LogP contribution is -2.13. The van der Waals surface area contributed by atoms with Gasteiger partial charge in [-0.25, -0.2) is 4.39 Å². The molecule has 2 rings (SSSR count). The summed E-state index contributed by atoms with van der Waals surface area (Å²) in [7, 11) is 0. The molecule has 1 aromatic carbocycles. The predicted octanol–water partition coefficient (Wildman–Crippen LogP) is 2.12. The molecule has 0 bridgehead atoms. The number of benzene rings is 1. The summed E-state index contributed by atoms with van der Waals surface area (Å²) in [6, 6.07) is 6.71. The smallest absolute Gasteiger partial charge is 0.124 e. The molecule has 3 heteroatoms. The molecule has 2 nitrogen and oxygen atoms in total. The van der Waals surface area contributed by atoms with Gasteiger partial charge < -0.3 is 5.32 Å². The lowest BCUT2D eigenvalue weighted by Gasteiger charge is -2.10. The Labute approximate surface area is 82.4 Å². The van der Waals surface area contributed by atoms with E-state index < -0.39 is 0 Å². The fourth-order valence-electron chi connectivity index (χ4n) is 1.85. The van der Waals surface area contributed by atoms with Gasteiger partial charge >= 0.3 is 0 Å². The van der Waals surface area contributed by atoms with E-state index >= 15 is 0 Å². The summed E-state index contributed by atoms with van der Waals surface area (Å²) in [5, 5.41) is 12.0. The Balaban J connectivity index is 2.33. The first-order valence-corrected chi connectivity index (χ1v) is 4.73. The Bertz CT molecular complexity index is 375. The molecule has 1 aliphatic rings. The van der Waals surface area contributed by atoms with Crippen molar-refractivity contribution in [1.82, 2.24) is 5.32 Å². The SMILES string of the molecule is N#Cc1cc(F)cc(C2CCCN2)c1. The minimum atomic E-state index is -0.326. The maximum atomic E-state index is 13.1. The normalized spacial score (nSPS) is 20.7. The van der Waals surface area contributed by atoms with Crippen molar-refractivity contribution in [3.8, 4) is 6.07 Å². The van der Waals surface area contributed by atoms with Gasteiger partial charge in [-0.1, -0.05) is 0 Å². The predicted molar refractivity (Wildman–Crippen MR) is 51.1 cm³/mol. The van der Waals surface area contributed by atoms with Crippen molar-refractivity contribution in [2.24, 2.45) is 0 Å². The first kappa shape index (κ1) is 9.17. The van der Waals surface area contributed by atoms with Crippen LogP contribution in [0.1, 0.15) is 30.0 Å². The molecule has 1 aromatic rings. The van der Waals surface area contributed by atoms with Crippen LogP contribution >= 0.6 is 0 Å². The Morgan fingerprint density at radius 2 is 2.29 bits per heavy atom. The largest absolute Gasteiger partial charge is 0.310 e. The number of nitrogens with zero attached hydrogens (tertiary/aromatic N) is 1. The quantitative estimate of drug-likeness (QED) is 0.736. The third-order valence-corrected chi connectivity index (χ3v) is 2.51. The van der Waals surface area contributed by atoms with E-state index in [-0.39, 0.29) is 11.9 Å². The fourth-order valence-corrected chi connectivity index (χ4v) is 1.85. The van der Waals surface area contributed by atoms with Crippen LogP contribution in [0.25, 0.3) is 0 Å². The third-order valence-electron chi connectivity index (χ3n) is 2.51. The van der Waals surface area contributed by atoms with Crippen LogP contribution < -0.4 is 5.32 Å².